The van der Waals surface area contributed by atoms with Gasteiger partial charge in [0, 0.05) is 0 Å². The molecule has 44 heavy (non-hydrogen) atoms. The van der Waals surface area contributed by atoms with Crippen molar-refractivity contribution in [1.82, 2.24) is 21.3 Å². The molecule has 2 saturated heterocycles. The lowest BCUT2D eigenvalue weighted by molar-refractivity contribution is 0.413. The summed E-state index contributed by atoms with van der Waals surface area (Å²) < 4.78 is 10.9. The van der Waals surface area contributed by atoms with Crippen molar-refractivity contribution in [3.05, 3.63) is 167 Å². The molecular formula is C38H38N4O2. The molecule has 4 N–H and O–H groups in total. The fourth-order valence-corrected chi connectivity index (χ4v) is 6.69. The summed E-state index contributed by atoms with van der Waals surface area (Å²) in [5.41, 5.74) is 7.37. The van der Waals surface area contributed by atoms with E-state index in [1.54, 1.807) is 14.2 Å². The van der Waals surface area contributed by atoms with Gasteiger partial charge in [0.1, 0.15) is 11.5 Å². The third-order valence-electron chi connectivity index (χ3n) is 8.94. The minimum Gasteiger partial charge on any atom is -0.497 e. The largest absolute Gasteiger partial charge is 0.497 e. The first-order chi connectivity index (χ1) is 21.7. The summed E-state index contributed by atoms with van der Waals surface area (Å²) in [5.74, 6) is 1.70. The van der Waals surface area contributed by atoms with Crippen molar-refractivity contribution in [3.8, 4) is 11.5 Å². The number of nitrogens with one attached hydrogen (secondary N) is 4. The highest BCUT2D eigenvalue weighted by atomic mass is 16.5. The average molecular weight is 583 g/mol. The number of benzene rings is 5. The number of hydrogen-bond acceptors (Lipinski definition) is 6. The minimum atomic E-state index is -0.0695. The van der Waals surface area contributed by atoms with Crippen LogP contribution in [-0.2, 0) is 0 Å². The first kappa shape index (κ1) is 28.3. The van der Waals surface area contributed by atoms with Crippen LogP contribution in [0.2, 0.25) is 0 Å². The number of rotatable bonds is 8. The highest BCUT2D eigenvalue weighted by molar-refractivity contribution is 5.41. The standard InChI is InChI=1S/C38H38N4O2/c1-43-29-21-17-27(18-22-29)35-36(28-19-23-30(44-2)24-20-28)42-38(41-35)32-16-10-9-15-31(32)37-39-33(25-11-5-3-6-12-25)34(40-37)26-13-7-4-8-14-26/h3-24,33-42H,1-2H3. The maximum Gasteiger partial charge on any atom is 0.118 e. The Bertz CT molecular complexity index is 1560. The van der Waals surface area contributed by atoms with E-state index in [2.05, 4.69) is 130 Å². The molecule has 0 spiro atoms. The zero-order chi connectivity index (χ0) is 29.9. The Kier molecular flexibility index (Phi) is 8.14. The third-order valence-corrected chi connectivity index (χ3v) is 8.94. The lowest BCUT2D eigenvalue weighted by Gasteiger charge is -2.22. The lowest BCUT2D eigenvalue weighted by Crippen LogP contribution is -2.29. The molecule has 0 amide bonds. The fraction of sp³-hybridized carbons (Fsp3) is 0.211. The van der Waals surface area contributed by atoms with Gasteiger partial charge in [-0.3, -0.25) is 21.3 Å². The predicted molar refractivity (Wildman–Crippen MR) is 174 cm³/mol. The van der Waals surface area contributed by atoms with Gasteiger partial charge in [0.05, 0.1) is 50.7 Å². The maximum absolute atomic E-state index is 5.45. The molecular weight excluding hydrogens is 544 g/mol. The minimum absolute atomic E-state index is 0.0373. The smallest absolute Gasteiger partial charge is 0.118 e. The molecule has 2 aliphatic rings. The van der Waals surface area contributed by atoms with Crippen molar-refractivity contribution in [2.45, 2.75) is 36.5 Å². The summed E-state index contributed by atoms with van der Waals surface area (Å²) in [6.45, 7) is 0. The molecule has 5 aromatic rings. The number of methoxy groups -OCH3 is 2. The van der Waals surface area contributed by atoms with Crippen molar-refractivity contribution in [3.63, 3.8) is 0 Å². The monoisotopic (exact) mass is 582 g/mol. The van der Waals surface area contributed by atoms with E-state index < -0.39 is 0 Å². The van der Waals surface area contributed by atoms with Gasteiger partial charge in [-0.25, -0.2) is 0 Å². The Morgan fingerprint density at radius 1 is 0.364 bits per heavy atom. The highest BCUT2D eigenvalue weighted by Crippen LogP contribution is 2.42. The summed E-state index contributed by atoms with van der Waals surface area (Å²) in [7, 11) is 3.40. The van der Waals surface area contributed by atoms with Crippen LogP contribution in [0.4, 0.5) is 0 Å². The molecule has 0 aromatic heterocycles. The van der Waals surface area contributed by atoms with Crippen LogP contribution in [0.1, 0.15) is 69.9 Å². The molecule has 0 aliphatic carbocycles. The van der Waals surface area contributed by atoms with E-state index in [9.17, 15) is 0 Å². The first-order valence-corrected chi connectivity index (χ1v) is 15.2. The van der Waals surface area contributed by atoms with E-state index in [4.69, 9.17) is 9.47 Å². The van der Waals surface area contributed by atoms with Crippen molar-refractivity contribution in [2.24, 2.45) is 0 Å². The van der Waals surface area contributed by atoms with Crippen LogP contribution in [0.3, 0.4) is 0 Å². The maximum atomic E-state index is 5.45. The Labute approximate surface area is 259 Å². The SMILES string of the molecule is COc1ccc(C2NC(c3ccccc3C3NC(c4ccccc4)C(c4ccccc4)N3)NC2c2ccc(OC)cc2)cc1. The van der Waals surface area contributed by atoms with Crippen LogP contribution in [-0.4, -0.2) is 14.2 Å². The van der Waals surface area contributed by atoms with Gasteiger partial charge in [0.15, 0.2) is 0 Å². The number of hydrogen-bond donors (Lipinski definition) is 4. The molecule has 0 radical (unpaired) electrons. The molecule has 0 bridgehead atoms. The molecule has 2 heterocycles. The molecule has 0 saturated carbocycles. The second-order valence-electron chi connectivity index (χ2n) is 11.4. The van der Waals surface area contributed by atoms with Gasteiger partial charge in [-0.2, -0.15) is 0 Å². The van der Waals surface area contributed by atoms with Gasteiger partial charge in [0.2, 0.25) is 0 Å². The summed E-state index contributed by atoms with van der Waals surface area (Å²) in [6, 6.07) is 47.3. The molecule has 4 atom stereocenters. The van der Waals surface area contributed by atoms with Gasteiger partial charge in [0.25, 0.3) is 0 Å². The Morgan fingerprint density at radius 2 is 0.659 bits per heavy atom. The summed E-state index contributed by atoms with van der Waals surface area (Å²) in [5, 5.41) is 15.8. The Balaban J connectivity index is 1.23. The van der Waals surface area contributed by atoms with Crippen LogP contribution >= 0.6 is 0 Å². The molecule has 2 aliphatic heterocycles. The quantitative estimate of drug-likeness (QED) is 0.157. The van der Waals surface area contributed by atoms with Crippen molar-refractivity contribution in [1.29, 1.82) is 0 Å². The van der Waals surface area contributed by atoms with Crippen LogP contribution < -0.4 is 30.7 Å². The predicted octanol–water partition coefficient (Wildman–Crippen LogP) is 7.05. The van der Waals surface area contributed by atoms with E-state index >= 15 is 0 Å². The first-order valence-electron chi connectivity index (χ1n) is 15.2. The zero-order valence-electron chi connectivity index (χ0n) is 25.0. The Morgan fingerprint density at radius 3 is 0.977 bits per heavy atom. The zero-order valence-corrected chi connectivity index (χ0v) is 25.0. The second kappa shape index (κ2) is 12.6. The van der Waals surface area contributed by atoms with Crippen LogP contribution in [0, 0.1) is 0 Å². The van der Waals surface area contributed by atoms with Crippen molar-refractivity contribution < 1.29 is 9.47 Å². The summed E-state index contributed by atoms with van der Waals surface area (Å²) >= 11 is 0. The van der Waals surface area contributed by atoms with Gasteiger partial charge >= 0.3 is 0 Å². The topological polar surface area (TPSA) is 66.6 Å². The van der Waals surface area contributed by atoms with E-state index in [0.717, 1.165) is 11.5 Å². The molecule has 6 nitrogen and oxygen atoms in total. The molecule has 222 valence electrons. The normalized spacial score (nSPS) is 24.7. The number of ether oxygens (including phenoxy) is 2. The summed E-state index contributed by atoms with van der Waals surface area (Å²) in [6.07, 6.45) is -0.107. The van der Waals surface area contributed by atoms with E-state index in [1.165, 1.54) is 33.4 Å². The van der Waals surface area contributed by atoms with Gasteiger partial charge < -0.3 is 9.47 Å². The lowest BCUT2D eigenvalue weighted by atomic mass is 9.95. The van der Waals surface area contributed by atoms with Crippen LogP contribution in [0.25, 0.3) is 0 Å². The molecule has 2 fully saturated rings. The van der Waals surface area contributed by atoms with E-state index in [0.29, 0.717) is 0 Å². The van der Waals surface area contributed by atoms with Crippen molar-refractivity contribution >= 4 is 0 Å². The molecule has 7 rings (SSSR count). The van der Waals surface area contributed by atoms with Gasteiger partial charge in [-0.1, -0.05) is 109 Å². The van der Waals surface area contributed by atoms with Crippen LogP contribution in [0.15, 0.2) is 133 Å². The average Bonchev–Trinajstić information content (AvgIpc) is 3.75. The molecule has 6 heteroatoms. The van der Waals surface area contributed by atoms with Gasteiger partial charge in [-0.15, -0.1) is 0 Å². The Hall–Kier alpha value is -4.46. The van der Waals surface area contributed by atoms with Crippen molar-refractivity contribution in [2.75, 3.05) is 14.2 Å². The fourth-order valence-electron chi connectivity index (χ4n) is 6.69. The molecule has 4 unspecified atom stereocenters. The van der Waals surface area contributed by atoms with E-state index in [-0.39, 0.29) is 36.5 Å². The van der Waals surface area contributed by atoms with E-state index in [1.807, 2.05) is 24.3 Å². The summed E-state index contributed by atoms with van der Waals surface area (Å²) in [4.78, 5) is 0. The van der Waals surface area contributed by atoms with Gasteiger partial charge in [-0.05, 0) is 57.6 Å². The molecule has 5 aromatic carbocycles. The highest BCUT2D eigenvalue weighted by Gasteiger charge is 2.40. The van der Waals surface area contributed by atoms with Crippen LogP contribution in [0.5, 0.6) is 11.5 Å². The third kappa shape index (κ3) is 5.61. The second-order valence-corrected chi connectivity index (χ2v) is 11.4.